The maximum atomic E-state index is 12.3. The van der Waals surface area contributed by atoms with Crippen molar-refractivity contribution in [3.63, 3.8) is 0 Å². The van der Waals surface area contributed by atoms with Crippen molar-refractivity contribution in [1.82, 2.24) is 5.32 Å². The average molecular weight is 309 g/mol. The van der Waals surface area contributed by atoms with Crippen molar-refractivity contribution < 1.29 is 24.1 Å². The molecule has 122 valence electrons. The molecule has 0 aliphatic carbocycles. The second-order valence-electron chi connectivity index (χ2n) is 5.43. The van der Waals surface area contributed by atoms with Gasteiger partial charge in [0.05, 0.1) is 32.0 Å². The van der Waals surface area contributed by atoms with Crippen molar-refractivity contribution in [3.8, 4) is 5.75 Å². The van der Waals surface area contributed by atoms with Crippen LogP contribution in [0, 0.1) is 12.8 Å². The summed E-state index contributed by atoms with van der Waals surface area (Å²) in [5.74, 6) is 0.140. The van der Waals surface area contributed by atoms with Crippen molar-refractivity contribution in [3.05, 3.63) is 29.3 Å². The van der Waals surface area contributed by atoms with E-state index in [4.69, 9.17) is 14.2 Å². The molecule has 0 saturated carbocycles. The third kappa shape index (κ3) is 3.58. The summed E-state index contributed by atoms with van der Waals surface area (Å²) in [5, 5.41) is 13.0. The minimum Gasteiger partial charge on any atom is -0.496 e. The molecule has 22 heavy (non-hydrogen) atoms. The summed E-state index contributed by atoms with van der Waals surface area (Å²) in [6.45, 7) is 2.97. The SMILES string of the molecule is COc1c(C)cccc1C(=O)NC[C@@H]1COC[C@@H](OC)[C@H]1O. The average Bonchev–Trinajstić information content (AvgIpc) is 2.53. The molecule has 0 bridgehead atoms. The molecule has 3 atom stereocenters. The van der Waals surface area contributed by atoms with Crippen molar-refractivity contribution in [1.29, 1.82) is 0 Å². The van der Waals surface area contributed by atoms with Crippen LogP contribution in [-0.2, 0) is 9.47 Å². The fourth-order valence-corrected chi connectivity index (χ4v) is 2.64. The summed E-state index contributed by atoms with van der Waals surface area (Å²) in [7, 11) is 3.08. The standard InChI is InChI=1S/C16H23NO5/c1-10-5-4-6-12(15(10)21-3)16(19)17-7-11-8-22-9-13(20-2)14(11)18/h4-6,11,13-14,18H,7-9H2,1-3H3,(H,17,19)/t11-,13-,14+/m1/s1. The van der Waals surface area contributed by atoms with Gasteiger partial charge in [0, 0.05) is 19.6 Å². The number of para-hydroxylation sites is 1. The Labute approximate surface area is 130 Å². The van der Waals surface area contributed by atoms with Gasteiger partial charge in [0.2, 0.25) is 0 Å². The van der Waals surface area contributed by atoms with E-state index in [2.05, 4.69) is 5.32 Å². The number of methoxy groups -OCH3 is 2. The van der Waals surface area contributed by atoms with Gasteiger partial charge in [0.25, 0.3) is 5.91 Å². The monoisotopic (exact) mass is 309 g/mol. The van der Waals surface area contributed by atoms with Crippen LogP contribution in [-0.4, -0.2) is 57.2 Å². The molecule has 0 spiro atoms. The lowest BCUT2D eigenvalue weighted by Gasteiger charge is -2.33. The zero-order valence-corrected chi connectivity index (χ0v) is 13.2. The molecule has 1 fully saturated rings. The Kier molecular flexibility index (Phi) is 5.76. The van der Waals surface area contributed by atoms with Crippen molar-refractivity contribution in [2.24, 2.45) is 5.92 Å². The Bertz CT molecular complexity index is 519. The molecule has 2 rings (SSSR count). The van der Waals surface area contributed by atoms with E-state index < -0.39 is 6.10 Å². The first kappa shape index (κ1) is 16.7. The number of rotatable bonds is 5. The molecule has 1 saturated heterocycles. The lowest BCUT2D eigenvalue weighted by atomic mass is 9.96. The molecule has 1 amide bonds. The maximum absolute atomic E-state index is 12.3. The predicted molar refractivity (Wildman–Crippen MR) is 81.2 cm³/mol. The number of aliphatic hydroxyl groups excluding tert-OH is 1. The van der Waals surface area contributed by atoms with Crippen LogP contribution in [0.3, 0.4) is 0 Å². The fourth-order valence-electron chi connectivity index (χ4n) is 2.64. The van der Waals surface area contributed by atoms with Crippen molar-refractivity contribution >= 4 is 5.91 Å². The highest BCUT2D eigenvalue weighted by Crippen LogP contribution is 2.23. The Balaban J connectivity index is 2.00. The van der Waals surface area contributed by atoms with Gasteiger partial charge in [0.1, 0.15) is 11.9 Å². The largest absolute Gasteiger partial charge is 0.496 e. The van der Waals surface area contributed by atoms with E-state index in [9.17, 15) is 9.90 Å². The summed E-state index contributed by atoms with van der Waals surface area (Å²) in [5.41, 5.74) is 1.38. The molecular formula is C16H23NO5. The van der Waals surface area contributed by atoms with E-state index in [-0.39, 0.29) is 17.9 Å². The van der Waals surface area contributed by atoms with Gasteiger partial charge in [-0.3, -0.25) is 4.79 Å². The molecular weight excluding hydrogens is 286 g/mol. The Morgan fingerprint density at radius 2 is 2.18 bits per heavy atom. The molecule has 0 aromatic heterocycles. The number of carbonyl (C=O) groups excluding carboxylic acids is 1. The molecule has 1 aromatic carbocycles. The minimum absolute atomic E-state index is 0.196. The number of aryl methyl sites for hydroxylation is 1. The molecule has 6 nitrogen and oxygen atoms in total. The van der Waals surface area contributed by atoms with Crippen LogP contribution in [0.5, 0.6) is 5.75 Å². The van der Waals surface area contributed by atoms with Gasteiger partial charge in [-0.25, -0.2) is 0 Å². The highest BCUT2D eigenvalue weighted by molar-refractivity contribution is 5.97. The van der Waals surface area contributed by atoms with Gasteiger partial charge in [-0.2, -0.15) is 0 Å². The van der Waals surface area contributed by atoms with E-state index >= 15 is 0 Å². The fraction of sp³-hybridized carbons (Fsp3) is 0.562. The highest BCUT2D eigenvalue weighted by atomic mass is 16.5. The maximum Gasteiger partial charge on any atom is 0.255 e. The number of hydrogen-bond donors (Lipinski definition) is 2. The number of aliphatic hydroxyl groups is 1. The lowest BCUT2D eigenvalue weighted by Crippen LogP contribution is -2.49. The molecule has 0 unspecified atom stereocenters. The van der Waals surface area contributed by atoms with Crippen LogP contribution in [0.2, 0.25) is 0 Å². The van der Waals surface area contributed by atoms with Crippen LogP contribution in [0.4, 0.5) is 0 Å². The second-order valence-corrected chi connectivity index (χ2v) is 5.43. The van der Waals surface area contributed by atoms with Gasteiger partial charge >= 0.3 is 0 Å². The van der Waals surface area contributed by atoms with Gasteiger partial charge < -0.3 is 24.6 Å². The molecule has 1 aliphatic heterocycles. The molecule has 1 heterocycles. The van der Waals surface area contributed by atoms with E-state index in [0.717, 1.165) is 5.56 Å². The van der Waals surface area contributed by atoms with Crippen LogP contribution in [0.25, 0.3) is 0 Å². The summed E-state index contributed by atoms with van der Waals surface area (Å²) >= 11 is 0. The molecule has 6 heteroatoms. The van der Waals surface area contributed by atoms with E-state index in [1.54, 1.807) is 13.2 Å². The third-order valence-electron chi connectivity index (χ3n) is 3.97. The van der Waals surface area contributed by atoms with Gasteiger partial charge in [-0.1, -0.05) is 12.1 Å². The van der Waals surface area contributed by atoms with E-state index in [1.165, 1.54) is 7.11 Å². The molecule has 2 N–H and O–H groups in total. The summed E-state index contributed by atoms with van der Waals surface area (Å²) in [6.07, 6.45) is -1.01. The van der Waals surface area contributed by atoms with E-state index in [0.29, 0.717) is 31.1 Å². The number of ether oxygens (including phenoxy) is 3. The first-order valence-electron chi connectivity index (χ1n) is 7.28. The van der Waals surface area contributed by atoms with Crippen molar-refractivity contribution in [2.75, 3.05) is 34.0 Å². The lowest BCUT2D eigenvalue weighted by molar-refractivity contribution is -0.132. The summed E-state index contributed by atoms with van der Waals surface area (Å²) in [4.78, 5) is 12.3. The predicted octanol–water partition coefficient (Wildman–Crippen LogP) is 0.756. The number of benzene rings is 1. The second kappa shape index (κ2) is 7.58. The van der Waals surface area contributed by atoms with Gasteiger partial charge in [0.15, 0.2) is 0 Å². The Morgan fingerprint density at radius 1 is 1.41 bits per heavy atom. The zero-order valence-electron chi connectivity index (χ0n) is 13.2. The van der Waals surface area contributed by atoms with Crippen LogP contribution in [0.1, 0.15) is 15.9 Å². The topological polar surface area (TPSA) is 77.0 Å². The Hall–Kier alpha value is -1.63. The van der Waals surface area contributed by atoms with Crippen LogP contribution in [0.15, 0.2) is 18.2 Å². The van der Waals surface area contributed by atoms with Crippen LogP contribution >= 0.6 is 0 Å². The van der Waals surface area contributed by atoms with Gasteiger partial charge in [-0.05, 0) is 18.6 Å². The smallest absolute Gasteiger partial charge is 0.255 e. The number of amides is 1. The molecule has 1 aliphatic rings. The highest BCUT2D eigenvalue weighted by Gasteiger charge is 2.33. The minimum atomic E-state index is -0.654. The third-order valence-corrected chi connectivity index (χ3v) is 3.97. The normalized spacial score (nSPS) is 24.8. The number of carbonyl (C=O) groups is 1. The zero-order chi connectivity index (χ0) is 16.1. The Morgan fingerprint density at radius 3 is 2.86 bits per heavy atom. The molecule has 0 radical (unpaired) electrons. The first-order chi connectivity index (χ1) is 10.6. The van der Waals surface area contributed by atoms with Gasteiger partial charge in [-0.15, -0.1) is 0 Å². The first-order valence-corrected chi connectivity index (χ1v) is 7.28. The number of nitrogens with one attached hydrogen (secondary N) is 1. The molecule has 1 aromatic rings. The number of hydrogen-bond acceptors (Lipinski definition) is 5. The quantitative estimate of drug-likeness (QED) is 0.839. The van der Waals surface area contributed by atoms with Crippen LogP contribution < -0.4 is 10.1 Å². The van der Waals surface area contributed by atoms with E-state index in [1.807, 2.05) is 19.1 Å². The van der Waals surface area contributed by atoms with Crippen molar-refractivity contribution in [2.45, 2.75) is 19.1 Å². The summed E-state index contributed by atoms with van der Waals surface area (Å²) < 4.78 is 15.9. The summed E-state index contributed by atoms with van der Waals surface area (Å²) in [6, 6.07) is 5.41.